The Balaban J connectivity index is 1.45. The normalized spacial score (nSPS) is 13.3. The van der Waals surface area contributed by atoms with E-state index in [0.29, 0.717) is 18.4 Å². The van der Waals surface area contributed by atoms with Crippen molar-refractivity contribution in [2.24, 2.45) is 7.05 Å². The standard InChI is InChI=1S/C25H34N8O2S/c1-17(2)28-25-30-21-16-20(10-11-22(21)33(25)5)32(4)23-12-14-27-24(31-23)29-19-8-6-18(7-9-19)13-15-36(34,35)26-3/h6-9,12,14,16-17,26H,10-11,13,15H2,1-5H3,(H,28,30)(H,27,29,31). The Kier molecular flexibility index (Phi) is 7.60. The van der Waals surface area contributed by atoms with Crippen molar-refractivity contribution in [3.05, 3.63) is 59.2 Å². The molecule has 0 saturated heterocycles. The van der Waals surface area contributed by atoms with Crippen LogP contribution in [0.5, 0.6) is 0 Å². The topological polar surface area (TPSA) is 117 Å². The number of nitrogens with one attached hydrogen (secondary N) is 3. The summed E-state index contributed by atoms with van der Waals surface area (Å²) in [5, 5.41) is 6.64. The summed E-state index contributed by atoms with van der Waals surface area (Å²) in [4.78, 5) is 15.9. The third-order valence-corrected chi connectivity index (χ3v) is 7.54. The number of rotatable bonds is 10. The van der Waals surface area contributed by atoms with Gasteiger partial charge in [0.1, 0.15) is 5.82 Å². The van der Waals surface area contributed by atoms with Crippen LogP contribution in [-0.2, 0) is 29.9 Å². The lowest BCUT2D eigenvalue weighted by molar-refractivity contribution is 0.587. The molecular weight excluding hydrogens is 476 g/mol. The van der Waals surface area contributed by atoms with Gasteiger partial charge in [0.25, 0.3) is 0 Å². The van der Waals surface area contributed by atoms with Gasteiger partial charge >= 0.3 is 0 Å². The van der Waals surface area contributed by atoms with Crippen molar-refractivity contribution in [2.45, 2.75) is 39.2 Å². The van der Waals surface area contributed by atoms with Gasteiger partial charge in [0, 0.05) is 43.4 Å². The summed E-state index contributed by atoms with van der Waals surface area (Å²) in [6.45, 7) is 4.21. The molecule has 4 rings (SSSR count). The Morgan fingerprint density at radius 1 is 1.11 bits per heavy atom. The van der Waals surface area contributed by atoms with Gasteiger partial charge in [0.05, 0.1) is 11.4 Å². The molecule has 1 aliphatic carbocycles. The van der Waals surface area contributed by atoms with Crippen LogP contribution in [0.25, 0.3) is 6.08 Å². The fourth-order valence-electron chi connectivity index (χ4n) is 4.07. The number of imidazole rings is 1. The molecule has 0 bridgehead atoms. The van der Waals surface area contributed by atoms with E-state index in [0.717, 1.165) is 47.2 Å². The van der Waals surface area contributed by atoms with E-state index < -0.39 is 10.0 Å². The van der Waals surface area contributed by atoms with Crippen LogP contribution in [0.2, 0.25) is 0 Å². The number of allylic oxidation sites excluding steroid dienone is 1. The summed E-state index contributed by atoms with van der Waals surface area (Å²) >= 11 is 0. The van der Waals surface area contributed by atoms with Gasteiger partial charge < -0.3 is 20.1 Å². The van der Waals surface area contributed by atoms with Crippen molar-refractivity contribution in [1.82, 2.24) is 24.2 Å². The van der Waals surface area contributed by atoms with E-state index in [4.69, 9.17) is 9.97 Å². The second-order valence-electron chi connectivity index (χ2n) is 9.15. The molecule has 0 atom stereocenters. The Bertz CT molecular complexity index is 1350. The summed E-state index contributed by atoms with van der Waals surface area (Å²) in [5.41, 5.74) is 5.13. The lowest BCUT2D eigenvalue weighted by Gasteiger charge is -2.24. The molecule has 0 aliphatic heterocycles. The largest absolute Gasteiger partial charge is 0.353 e. The van der Waals surface area contributed by atoms with E-state index in [1.807, 2.05) is 37.4 Å². The van der Waals surface area contributed by atoms with Gasteiger partial charge in [-0.3, -0.25) is 0 Å². The number of aryl methyl sites for hydroxylation is 1. The first-order valence-electron chi connectivity index (χ1n) is 12.0. The molecule has 192 valence electrons. The molecule has 2 heterocycles. The molecule has 3 aromatic rings. The summed E-state index contributed by atoms with van der Waals surface area (Å²) in [5.74, 6) is 2.22. The maximum absolute atomic E-state index is 11.6. The minimum Gasteiger partial charge on any atom is -0.353 e. The number of aromatic nitrogens is 4. The maximum Gasteiger partial charge on any atom is 0.229 e. The van der Waals surface area contributed by atoms with Crippen molar-refractivity contribution in [3.8, 4) is 0 Å². The Labute approximate surface area is 212 Å². The summed E-state index contributed by atoms with van der Waals surface area (Å²) in [6, 6.07) is 9.81. The molecular formula is C25H34N8O2S. The highest BCUT2D eigenvalue weighted by atomic mass is 32.2. The molecule has 0 radical (unpaired) electrons. The average molecular weight is 511 g/mol. The molecule has 0 saturated carbocycles. The minimum atomic E-state index is -3.22. The predicted octanol–water partition coefficient (Wildman–Crippen LogP) is 3.29. The molecule has 0 amide bonds. The van der Waals surface area contributed by atoms with Crippen LogP contribution in [-0.4, -0.2) is 53.8 Å². The fraction of sp³-hybridized carbons (Fsp3) is 0.400. The molecule has 0 unspecified atom stereocenters. The highest BCUT2D eigenvalue weighted by Crippen LogP contribution is 2.29. The number of hydrogen-bond acceptors (Lipinski definition) is 8. The van der Waals surface area contributed by atoms with Crippen molar-refractivity contribution in [1.29, 1.82) is 0 Å². The summed E-state index contributed by atoms with van der Waals surface area (Å²) in [7, 11) is 2.26. The Hall–Kier alpha value is -3.44. The second-order valence-corrected chi connectivity index (χ2v) is 11.2. The third kappa shape index (κ3) is 6.03. The molecule has 2 aromatic heterocycles. The van der Waals surface area contributed by atoms with E-state index in [1.54, 1.807) is 6.20 Å². The lowest BCUT2D eigenvalue weighted by Crippen LogP contribution is -2.23. The molecule has 11 heteroatoms. The molecule has 1 aromatic carbocycles. The number of fused-ring (bicyclic) bond motifs is 1. The van der Waals surface area contributed by atoms with Gasteiger partial charge in [-0.1, -0.05) is 12.1 Å². The van der Waals surface area contributed by atoms with Crippen molar-refractivity contribution in [2.75, 3.05) is 35.4 Å². The third-order valence-electron chi connectivity index (χ3n) is 6.18. The second kappa shape index (κ2) is 10.7. The number of hydrogen-bond donors (Lipinski definition) is 3. The van der Waals surface area contributed by atoms with Crippen LogP contribution >= 0.6 is 0 Å². The Morgan fingerprint density at radius 3 is 2.56 bits per heavy atom. The molecule has 0 fully saturated rings. The van der Waals surface area contributed by atoms with Gasteiger partial charge in [0.2, 0.25) is 21.9 Å². The van der Waals surface area contributed by atoms with Gasteiger partial charge in [-0.05, 0) is 70.0 Å². The molecule has 36 heavy (non-hydrogen) atoms. The zero-order valence-corrected chi connectivity index (χ0v) is 22.2. The zero-order chi connectivity index (χ0) is 25.9. The quantitative estimate of drug-likeness (QED) is 0.380. The van der Waals surface area contributed by atoms with E-state index >= 15 is 0 Å². The summed E-state index contributed by atoms with van der Waals surface area (Å²) < 4.78 is 27.8. The van der Waals surface area contributed by atoms with Crippen molar-refractivity contribution < 1.29 is 8.42 Å². The monoisotopic (exact) mass is 510 g/mol. The fourth-order valence-corrected chi connectivity index (χ4v) is 4.78. The minimum absolute atomic E-state index is 0.0547. The van der Waals surface area contributed by atoms with Crippen LogP contribution in [0.3, 0.4) is 0 Å². The van der Waals surface area contributed by atoms with Crippen LogP contribution in [0, 0.1) is 0 Å². The predicted molar refractivity (Wildman–Crippen MR) is 145 cm³/mol. The number of sulfonamides is 1. The molecule has 10 nitrogen and oxygen atoms in total. The van der Waals surface area contributed by atoms with Gasteiger partial charge in [-0.25, -0.2) is 23.1 Å². The number of benzene rings is 1. The van der Waals surface area contributed by atoms with E-state index in [-0.39, 0.29) is 5.75 Å². The maximum atomic E-state index is 11.6. The van der Waals surface area contributed by atoms with E-state index in [9.17, 15) is 8.42 Å². The highest BCUT2D eigenvalue weighted by molar-refractivity contribution is 7.89. The van der Waals surface area contributed by atoms with Crippen molar-refractivity contribution >= 4 is 39.5 Å². The smallest absolute Gasteiger partial charge is 0.229 e. The zero-order valence-electron chi connectivity index (χ0n) is 21.4. The molecule has 3 N–H and O–H groups in total. The van der Waals surface area contributed by atoms with Crippen LogP contribution < -0.4 is 20.3 Å². The first kappa shape index (κ1) is 25.6. The molecule has 0 spiro atoms. The van der Waals surface area contributed by atoms with Crippen molar-refractivity contribution in [3.63, 3.8) is 0 Å². The number of anilines is 4. The van der Waals surface area contributed by atoms with Crippen LogP contribution in [0.1, 0.15) is 37.2 Å². The lowest BCUT2D eigenvalue weighted by atomic mass is 10.0. The first-order chi connectivity index (χ1) is 17.1. The average Bonchev–Trinajstić information content (AvgIpc) is 3.17. The highest BCUT2D eigenvalue weighted by Gasteiger charge is 2.21. The van der Waals surface area contributed by atoms with E-state index in [2.05, 4.69) is 56.8 Å². The Morgan fingerprint density at radius 2 is 1.86 bits per heavy atom. The van der Waals surface area contributed by atoms with Crippen LogP contribution in [0.4, 0.5) is 23.4 Å². The SMILES string of the molecule is CNS(=O)(=O)CCc1ccc(Nc2nccc(N(C)C3=Cc4nc(NC(C)C)n(C)c4CC3)n2)cc1. The van der Waals surface area contributed by atoms with Gasteiger partial charge in [-0.15, -0.1) is 0 Å². The van der Waals surface area contributed by atoms with Gasteiger partial charge in [0.15, 0.2) is 0 Å². The van der Waals surface area contributed by atoms with Gasteiger partial charge in [-0.2, -0.15) is 4.98 Å². The first-order valence-corrected chi connectivity index (χ1v) is 13.7. The van der Waals surface area contributed by atoms with E-state index in [1.165, 1.54) is 12.7 Å². The number of nitrogens with zero attached hydrogens (tertiary/aromatic N) is 5. The van der Waals surface area contributed by atoms with Crippen LogP contribution in [0.15, 0.2) is 42.2 Å². The summed E-state index contributed by atoms with van der Waals surface area (Å²) in [6.07, 6.45) is 6.11. The molecule has 1 aliphatic rings.